The highest BCUT2D eigenvalue weighted by Crippen LogP contribution is 2.43. The summed E-state index contributed by atoms with van der Waals surface area (Å²) in [5.74, 6) is -1.21. The molecule has 0 unspecified atom stereocenters. The van der Waals surface area contributed by atoms with Crippen LogP contribution >= 0.6 is 0 Å². The number of phenolic OH excluding ortho intramolecular Hbond substituents is 1. The molecule has 1 spiro atoms. The standard InChI is InChI=1S/C19H24N2O5/c1-12-14(4-3-5-16(12)23)17(24)20-8-6-19(7-9-20)10-15(18(25)26)21(11-19)13(2)22/h3-5,15,23H,6-11H2,1-2H3,(H,25,26)/t15-/m1/s1. The Balaban J connectivity index is 1.71. The minimum absolute atomic E-state index is 0.0986. The number of benzene rings is 1. The van der Waals surface area contributed by atoms with E-state index in [0.29, 0.717) is 50.0 Å². The molecule has 7 nitrogen and oxygen atoms in total. The Kier molecular flexibility index (Phi) is 4.64. The molecule has 3 rings (SSSR count). The number of likely N-dealkylation sites (tertiary alicyclic amines) is 2. The van der Waals surface area contributed by atoms with Gasteiger partial charge in [-0.2, -0.15) is 0 Å². The van der Waals surface area contributed by atoms with Gasteiger partial charge in [-0.05, 0) is 43.7 Å². The zero-order valence-electron chi connectivity index (χ0n) is 15.1. The van der Waals surface area contributed by atoms with E-state index < -0.39 is 12.0 Å². The summed E-state index contributed by atoms with van der Waals surface area (Å²) in [6.07, 6.45) is 1.78. The minimum atomic E-state index is -0.967. The summed E-state index contributed by atoms with van der Waals surface area (Å²) in [5.41, 5.74) is 0.813. The molecule has 2 fully saturated rings. The van der Waals surface area contributed by atoms with Crippen LogP contribution in [-0.2, 0) is 9.59 Å². The highest BCUT2D eigenvalue weighted by Gasteiger charge is 2.49. The second-order valence-corrected chi connectivity index (χ2v) is 7.45. The molecular formula is C19H24N2O5. The van der Waals surface area contributed by atoms with Crippen LogP contribution in [0.5, 0.6) is 5.75 Å². The molecule has 0 bridgehead atoms. The number of rotatable bonds is 2. The average molecular weight is 360 g/mol. The van der Waals surface area contributed by atoms with Crippen LogP contribution in [0.25, 0.3) is 0 Å². The topological polar surface area (TPSA) is 98.2 Å². The first kappa shape index (κ1) is 18.2. The van der Waals surface area contributed by atoms with Crippen molar-refractivity contribution in [2.24, 2.45) is 5.41 Å². The fourth-order valence-electron chi connectivity index (χ4n) is 4.18. The van der Waals surface area contributed by atoms with Crippen molar-refractivity contribution in [3.63, 3.8) is 0 Å². The van der Waals surface area contributed by atoms with Crippen molar-refractivity contribution < 1.29 is 24.6 Å². The third-order valence-electron chi connectivity index (χ3n) is 5.84. The molecule has 0 saturated carbocycles. The summed E-state index contributed by atoms with van der Waals surface area (Å²) in [6, 6.07) is 4.14. The van der Waals surface area contributed by atoms with Crippen LogP contribution < -0.4 is 0 Å². The molecule has 0 aliphatic carbocycles. The van der Waals surface area contributed by atoms with Crippen molar-refractivity contribution in [3.05, 3.63) is 29.3 Å². The summed E-state index contributed by atoms with van der Waals surface area (Å²) >= 11 is 0. The van der Waals surface area contributed by atoms with Gasteiger partial charge in [0.1, 0.15) is 11.8 Å². The van der Waals surface area contributed by atoms with E-state index in [-0.39, 0.29) is 23.0 Å². The van der Waals surface area contributed by atoms with Gasteiger partial charge in [-0.15, -0.1) is 0 Å². The van der Waals surface area contributed by atoms with E-state index in [2.05, 4.69) is 0 Å². The summed E-state index contributed by atoms with van der Waals surface area (Å²) in [6.45, 7) is 4.59. The Labute approximate surface area is 152 Å². The molecule has 1 aromatic rings. The number of carboxylic acids is 1. The molecule has 2 aliphatic rings. The highest BCUT2D eigenvalue weighted by molar-refractivity contribution is 5.96. The SMILES string of the molecule is CC(=O)N1CC2(CCN(C(=O)c3cccc(O)c3C)CC2)C[C@@H]1C(=O)O. The number of nitrogens with zero attached hydrogens (tertiary/aromatic N) is 2. The fourth-order valence-corrected chi connectivity index (χ4v) is 4.18. The normalized spacial score (nSPS) is 21.8. The number of carbonyl (C=O) groups excluding carboxylic acids is 2. The van der Waals surface area contributed by atoms with Gasteiger partial charge in [0, 0.05) is 37.7 Å². The first-order valence-electron chi connectivity index (χ1n) is 8.82. The highest BCUT2D eigenvalue weighted by atomic mass is 16.4. The zero-order valence-corrected chi connectivity index (χ0v) is 15.1. The third-order valence-corrected chi connectivity index (χ3v) is 5.84. The number of aromatic hydroxyl groups is 1. The Bertz CT molecular complexity index is 728. The molecule has 2 amide bonds. The van der Waals surface area contributed by atoms with Crippen molar-refractivity contribution in [3.8, 4) is 5.75 Å². The molecule has 0 aromatic heterocycles. The predicted molar refractivity (Wildman–Crippen MR) is 93.8 cm³/mol. The molecule has 140 valence electrons. The molecule has 2 heterocycles. The van der Waals surface area contributed by atoms with Crippen molar-refractivity contribution >= 4 is 17.8 Å². The predicted octanol–water partition coefficient (Wildman–Crippen LogP) is 1.63. The van der Waals surface area contributed by atoms with E-state index in [0.717, 1.165) is 0 Å². The number of piperidine rings is 1. The lowest BCUT2D eigenvalue weighted by Crippen LogP contribution is -2.44. The Morgan fingerprint density at radius 2 is 1.85 bits per heavy atom. The van der Waals surface area contributed by atoms with E-state index in [1.807, 2.05) is 0 Å². The van der Waals surface area contributed by atoms with E-state index in [1.165, 1.54) is 11.8 Å². The van der Waals surface area contributed by atoms with Gasteiger partial charge >= 0.3 is 5.97 Å². The quantitative estimate of drug-likeness (QED) is 0.835. The number of carboxylic acid groups (broad SMARTS) is 1. The largest absolute Gasteiger partial charge is 0.508 e. The van der Waals surface area contributed by atoms with Crippen LogP contribution in [0.1, 0.15) is 42.1 Å². The van der Waals surface area contributed by atoms with E-state index in [1.54, 1.807) is 30.0 Å². The van der Waals surface area contributed by atoms with Crippen molar-refractivity contribution in [1.82, 2.24) is 9.80 Å². The summed E-state index contributed by atoms with van der Waals surface area (Å²) < 4.78 is 0. The number of amides is 2. The fraction of sp³-hybridized carbons (Fsp3) is 0.526. The molecule has 0 radical (unpaired) electrons. The van der Waals surface area contributed by atoms with Crippen LogP contribution in [-0.4, -0.2) is 63.5 Å². The first-order chi connectivity index (χ1) is 12.2. The number of aliphatic carboxylic acids is 1. The van der Waals surface area contributed by atoms with Crippen LogP contribution in [0.3, 0.4) is 0 Å². The number of hydrogen-bond acceptors (Lipinski definition) is 4. The summed E-state index contributed by atoms with van der Waals surface area (Å²) in [7, 11) is 0. The lowest BCUT2D eigenvalue weighted by Gasteiger charge is -2.39. The maximum Gasteiger partial charge on any atom is 0.326 e. The van der Waals surface area contributed by atoms with Gasteiger partial charge in [-0.3, -0.25) is 9.59 Å². The van der Waals surface area contributed by atoms with Crippen LogP contribution in [0.2, 0.25) is 0 Å². The van der Waals surface area contributed by atoms with Crippen molar-refractivity contribution in [2.75, 3.05) is 19.6 Å². The molecule has 7 heteroatoms. The van der Waals surface area contributed by atoms with Gasteiger partial charge < -0.3 is 20.0 Å². The molecule has 2 saturated heterocycles. The molecule has 2 aliphatic heterocycles. The zero-order chi connectivity index (χ0) is 19.1. The smallest absolute Gasteiger partial charge is 0.326 e. The van der Waals surface area contributed by atoms with Crippen LogP contribution in [0, 0.1) is 12.3 Å². The van der Waals surface area contributed by atoms with Gasteiger partial charge in [0.05, 0.1) is 0 Å². The average Bonchev–Trinajstić information content (AvgIpc) is 2.97. The Morgan fingerprint density at radius 3 is 2.38 bits per heavy atom. The lowest BCUT2D eigenvalue weighted by molar-refractivity contribution is -0.147. The maximum atomic E-state index is 12.8. The van der Waals surface area contributed by atoms with Crippen LogP contribution in [0.4, 0.5) is 0 Å². The maximum absolute atomic E-state index is 12.8. The van der Waals surface area contributed by atoms with Crippen molar-refractivity contribution in [2.45, 2.75) is 39.2 Å². The van der Waals surface area contributed by atoms with Gasteiger partial charge in [0.15, 0.2) is 0 Å². The van der Waals surface area contributed by atoms with Gasteiger partial charge in [0.25, 0.3) is 5.91 Å². The molecule has 26 heavy (non-hydrogen) atoms. The van der Waals surface area contributed by atoms with Crippen LogP contribution in [0.15, 0.2) is 18.2 Å². The summed E-state index contributed by atoms with van der Waals surface area (Å²) in [4.78, 5) is 39.2. The first-order valence-corrected chi connectivity index (χ1v) is 8.82. The Morgan fingerprint density at radius 1 is 1.19 bits per heavy atom. The van der Waals surface area contributed by atoms with E-state index in [4.69, 9.17) is 0 Å². The van der Waals surface area contributed by atoms with Crippen molar-refractivity contribution in [1.29, 1.82) is 0 Å². The molecule has 1 aromatic carbocycles. The number of phenols is 1. The molecule has 2 N–H and O–H groups in total. The third kappa shape index (κ3) is 3.13. The lowest BCUT2D eigenvalue weighted by atomic mass is 9.76. The second kappa shape index (κ2) is 6.63. The number of hydrogen-bond donors (Lipinski definition) is 2. The number of carbonyl (C=O) groups is 3. The van der Waals surface area contributed by atoms with E-state index >= 15 is 0 Å². The molecule has 1 atom stereocenters. The monoisotopic (exact) mass is 360 g/mol. The van der Waals surface area contributed by atoms with E-state index in [9.17, 15) is 24.6 Å². The summed E-state index contributed by atoms with van der Waals surface area (Å²) in [5, 5.41) is 19.2. The minimum Gasteiger partial charge on any atom is -0.508 e. The van der Waals surface area contributed by atoms with Gasteiger partial charge in [0.2, 0.25) is 5.91 Å². The van der Waals surface area contributed by atoms with Gasteiger partial charge in [-0.1, -0.05) is 6.07 Å². The Hall–Kier alpha value is -2.57. The second-order valence-electron chi connectivity index (χ2n) is 7.45. The molecular weight excluding hydrogens is 336 g/mol. The van der Waals surface area contributed by atoms with Gasteiger partial charge in [-0.25, -0.2) is 4.79 Å².